The summed E-state index contributed by atoms with van der Waals surface area (Å²) in [5.41, 5.74) is 2.80. The molecule has 0 unspecified atom stereocenters. The highest BCUT2D eigenvalue weighted by atomic mass is 35.5. The van der Waals surface area contributed by atoms with Crippen LogP contribution in [-0.2, 0) is 11.3 Å². The van der Waals surface area contributed by atoms with Gasteiger partial charge in [0.05, 0.1) is 12.1 Å². The van der Waals surface area contributed by atoms with Crippen LogP contribution in [0.5, 0.6) is 0 Å². The maximum atomic E-state index is 12.2. The van der Waals surface area contributed by atoms with Crippen molar-refractivity contribution in [3.05, 3.63) is 58.1 Å². The fraction of sp³-hybridized carbons (Fsp3) is 0.278. The first-order valence-corrected chi connectivity index (χ1v) is 8.52. The van der Waals surface area contributed by atoms with Crippen molar-refractivity contribution in [2.24, 2.45) is 0 Å². The summed E-state index contributed by atoms with van der Waals surface area (Å²) in [6, 6.07) is 12.8. The molecule has 2 aromatic carbocycles. The molecule has 2 atom stereocenters. The summed E-state index contributed by atoms with van der Waals surface area (Å²) in [5, 5.41) is 16.6. The molecule has 1 heterocycles. The first-order chi connectivity index (χ1) is 11.5. The smallest absolute Gasteiger partial charge is 0.237 e. The lowest BCUT2D eigenvalue weighted by molar-refractivity contribution is -0.123. The molecule has 0 spiro atoms. The van der Waals surface area contributed by atoms with Crippen LogP contribution in [0, 0.1) is 0 Å². The number of hydrogen-bond donors (Lipinski definition) is 3. The topological polar surface area (TPSA) is 61.4 Å². The van der Waals surface area contributed by atoms with Gasteiger partial charge in [0.15, 0.2) is 0 Å². The lowest BCUT2D eigenvalue weighted by atomic mass is 9.99. The number of hydrogen-bond acceptors (Lipinski definition) is 3. The molecule has 1 amide bonds. The maximum absolute atomic E-state index is 12.2. The molecule has 126 valence electrons. The van der Waals surface area contributed by atoms with Crippen LogP contribution in [0.2, 0.25) is 10.0 Å². The van der Waals surface area contributed by atoms with Gasteiger partial charge in [0.25, 0.3) is 0 Å². The average Bonchev–Trinajstić information content (AvgIpc) is 3.00. The van der Waals surface area contributed by atoms with E-state index in [1.165, 1.54) is 0 Å². The Morgan fingerprint density at radius 1 is 1.21 bits per heavy atom. The predicted molar refractivity (Wildman–Crippen MR) is 96.2 cm³/mol. The van der Waals surface area contributed by atoms with Crippen LogP contribution < -0.4 is 10.6 Å². The van der Waals surface area contributed by atoms with Gasteiger partial charge in [-0.05, 0) is 29.7 Å². The lowest BCUT2D eigenvalue weighted by Crippen LogP contribution is -2.40. The molecule has 1 saturated heterocycles. The van der Waals surface area contributed by atoms with E-state index in [-0.39, 0.29) is 11.9 Å². The normalized spacial score (nSPS) is 20.1. The van der Waals surface area contributed by atoms with E-state index in [2.05, 4.69) is 10.6 Å². The van der Waals surface area contributed by atoms with Crippen LogP contribution in [0.4, 0.5) is 0 Å². The highest BCUT2D eigenvalue weighted by molar-refractivity contribution is 6.36. The molecule has 4 nitrogen and oxygen atoms in total. The molecule has 1 aliphatic heterocycles. The minimum atomic E-state index is -0.457. The SMILES string of the molecule is O=C(NCc1ccccc1-c1ccc(Cl)cc1Cl)[C@@H]1C[C@H](O)CN1. The average molecular weight is 365 g/mol. The molecule has 6 heteroatoms. The Kier molecular flexibility index (Phi) is 5.41. The molecule has 0 aromatic heterocycles. The minimum absolute atomic E-state index is 0.108. The standard InChI is InChI=1S/C18H18Cl2N2O2/c19-12-5-6-15(16(20)7-12)14-4-2-1-3-11(14)9-22-18(24)17-8-13(23)10-21-17/h1-7,13,17,21,23H,8-10H2,(H,22,24)/t13-,17-/m0/s1. The van der Waals surface area contributed by atoms with Crippen LogP contribution in [0.15, 0.2) is 42.5 Å². The number of β-amino-alcohol motifs (C(OH)–C–C–N with tert-alkyl or cyclic N) is 1. The summed E-state index contributed by atoms with van der Waals surface area (Å²) in [7, 11) is 0. The summed E-state index contributed by atoms with van der Waals surface area (Å²) in [4.78, 5) is 12.2. The van der Waals surface area contributed by atoms with Gasteiger partial charge in [0, 0.05) is 28.7 Å². The third-order valence-corrected chi connectivity index (χ3v) is 4.66. The molecule has 1 fully saturated rings. The van der Waals surface area contributed by atoms with E-state index in [0.29, 0.717) is 29.6 Å². The highest BCUT2D eigenvalue weighted by Crippen LogP contribution is 2.32. The Morgan fingerprint density at radius 2 is 2.00 bits per heavy atom. The van der Waals surface area contributed by atoms with E-state index in [4.69, 9.17) is 23.2 Å². The summed E-state index contributed by atoms with van der Waals surface area (Å²) in [6.45, 7) is 0.845. The van der Waals surface area contributed by atoms with Gasteiger partial charge in [-0.1, -0.05) is 53.5 Å². The van der Waals surface area contributed by atoms with E-state index < -0.39 is 6.10 Å². The van der Waals surface area contributed by atoms with E-state index in [1.807, 2.05) is 30.3 Å². The Hall–Kier alpha value is -1.59. The Morgan fingerprint density at radius 3 is 2.71 bits per heavy atom. The van der Waals surface area contributed by atoms with Crippen LogP contribution in [-0.4, -0.2) is 29.7 Å². The molecule has 0 radical (unpaired) electrons. The number of carbonyl (C=O) groups excluding carboxylic acids is 1. The zero-order chi connectivity index (χ0) is 17.1. The summed E-state index contributed by atoms with van der Waals surface area (Å²) in [5.74, 6) is -0.108. The van der Waals surface area contributed by atoms with Gasteiger partial charge in [0.1, 0.15) is 0 Å². The number of halogens is 2. The molecule has 3 rings (SSSR count). The number of benzene rings is 2. The second-order valence-electron chi connectivity index (χ2n) is 5.85. The third-order valence-electron chi connectivity index (χ3n) is 4.12. The maximum Gasteiger partial charge on any atom is 0.237 e. The molecule has 0 aliphatic carbocycles. The number of aliphatic hydroxyl groups is 1. The summed E-state index contributed by atoms with van der Waals surface area (Å²) in [6.07, 6.45) is -0.0165. The molecular formula is C18H18Cl2N2O2. The van der Waals surface area contributed by atoms with Gasteiger partial charge >= 0.3 is 0 Å². The summed E-state index contributed by atoms with van der Waals surface area (Å²) < 4.78 is 0. The third kappa shape index (κ3) is 3.90. The fourth-order valence-electron chi connectivity index (χ4n) is 2.87. The minimum Gasteiger partial charge on any atom is -0.392 e. The van der Waals surface area contributed by atoms with Crippen molar-refractivity contribution in [2.45, 2.75) is 25.1 Å². The molecule has 3 N–H and O–H groups in total. The van der Waals surface area contributed by atoms with E-state index in [1.54, 1.807) is 12.1 Å². The quantitative estimate of drug-likeness (QED) is 0.781. The largest absolute Gasteiger partial charge is 0.392 e. The number of carbonyl (C=O) groups is 1. The van der Waals surface area contributed by atoms with Crippen LogP contribution in [0.3, 0.4) is 0 Å². The van der Waals surface area contributed by atoms with E-state index in [0.717, 1.165) is 16.7 Å². The highest BCUT2D eigenvalue weighted by Gasteiger charge is 2.27. The number of rotatable bonds is 4. The molecule has 1 aliphatic rings. The van der Waals surface area contributed by atoms with Gasteiger partial charge in [-0.25, -0.2) is 0 Å². The van der Waals surface area contributed by atoms with Crippen molar-refractivity contribution in [3.8, 4) is 11.1 Å². The van der Waals surface area contributed by atoms with Gasteiger partial charge in [0.2, 0.25) is 5.91 Å². The van der Waals surface area contributed by atoms with E-state index in [9.17, 15) is 9.90 Å². The molecule has 0 bridgehead atoms. The monoisotopic (exact) mass is 364 g/mol. The number of nitrogens with one attached hydrogen (secondary N) is 2. The van der Waals surface area contributed by atoms with Crippen molar-refractivity contribution in [2.75, 3.05) is 6.54 Å². The van der Waals surface area contributed by atoms with Crippen molar-refractivity contribution in [3.63, 3.8) is 0 Å². The molecular weight excluding hydrogens is 347 g/mol. The van der Waals surface area contributed by atoms with Gasteiger partial charge in [-0.2, -0.15) is 0 Å². The number of amides is 1. The van der Waals surface area contributed by atoms with Crippen molar-refractivity contribution < 1.29 is 9.90 Å². The van der Waals surface area contributed by atoms with Crippen LogP contribution in [0.25, 0.3) is 11.1 Å². The molecule has 24 heavy (non-hydrogen) atoms. The van der Waals surface area contributed by atoms with Crippen molar-refractivity contribution in [1.82, 2.24) is 10.6 Å². The molecule has 0 saturated carbocycles. The Labute approximate surface area is 150 Å². The van der Waals surface area contributed by atoms with Gasteiger partial charge < -0.3 is 15.7 Å². The fourth-order valence-corrected chi connectivity index (χ4v) is 3.38. The molecule has 2 aromatic rings. The lowest BCUT2D eigenvalue weighted by Gasteiger charge is -2.14. The van der Waals surface area contributed by atoms with E-state index >= 15 is 0 Å². The Bertz CT molecular complexity index is 752. The van der Waals surface area contributed by atoms with Crippen LogP contribution in [0.1, 0.15) is 12.0 Å². The van der Waals surface area contributed by atoms with Gasteiger partial charge in [-0.15, -0.1) is 0 Å². The van der Waals surface area contributed by atoms with Crippen molar-refractivity contribution in [1.29, 1.82) is 0 Å². The second-order valence-corrected chi connectivity index (χ2v) is 6.69. The first-order valence-electron chi connectivity index (χ1n) is 7.77. The second kappa shape index (κ2) is 7.53. The summed E-state index contributed by atoms with van der Waals surface area (Å²) >= 11 is 12.3. The zero-order valence-electron chi connectivity index (χ0n) is 12.9. The van der Waals surface area contributed by atoms with Crippen molar-refractivity contribution >= 4 is 29.1 Å². The van der Waals surface area contributed by atoms with Gasteiger partial charge in [-0.3, -0.25) is 4.79 Å². The number of aliphatic hydroxyl groups excluding tert-OH is 1. The Balaban J connectivity index is 1.76. The first kappa shape index (κ1) is 17.2. The zero-order valence-corrected chi connectivity index (χ0v) is 14.4. The predicted octanol–water partition coefficient (Wildman–Crippen LogP) is 3.00. The van der Waals surface area contributed by atoms with Crippen LogP contribution >= 0.6 is 23.2 Å².